The van der Waals surface area contributed by atoms with E-state index < -0.39 is 11.7 Å². The van der Waals surface area contributed by atoms with E-state index in [4.69, 9.17) is 0 Å². The van der Waals surface area contributed by atoms with E-state index in [1.165, 1.54) is 44.1 Å². The maximum atomic E-state index is 12.8. The number of hydrogen-bond donors (Lipinski definition) is 2. The minimum absolute atomic E-state index is 0.181. The molecule has 3 nitrogen and oxygen atoms in total. The Morgan fingerprint density at radius 3 is 2.27 bits per heavy atom. The quantitative estimate of drug-likeness (QED) is 0.450. The zero-order chi connectivity index (χ0) is 24.6. The maximum absolute atomic E-state index is 12.8. The van der Waals surface area contributed by atoms with Gasteiger partial charge in [-0.2, -0.15) is 0 Å². The number of rotatable bonds is 5. The van der Waals surface area contributed by atoms with Crippen LogP contribution in [0.4, 0.5) is 0 Å². The predicted octanol–water partition coefficient (Wildman–Crippen LogP) is 6.71. The van der Waals surface area contributed by atoms with Crippen molar-refractivity contribution in [1.29, 1.82) is 0 Å². The van der Waals surface area contributed by atoms with E-state index in [9.17, 15) is 15.0 Å². The highest BCUT2D eigenvalue weighted by molar-refractivity contribution is 5.85. The monoisotopic (exact) mass is 458 g/mol. The molecule has 4 fully saturated rings. The first-order valence-electron chi connectivity index (χ1n) is 13.7. The fourth-order valence-corrected chi connectivity index (χ4v) is 9.89. The van der Waals surface area contributed by atoms with Gasteiger partial charge in [0.1, 0.15) is 5.78 Å². The lowest BCUT2D eigenvalue weighted by Gasteiger charge is -2.69. The van der Waals surface area contributed by atoms with Crippen molar-refractivity contribution in [2.24, 2.45) is 45.3 Å². The smallest absolute Gasteiger partial charge is 0.138 e. The van der Waals surface area contributed by atoms with Crippen LogP contribution in [0.15, 0.2) is 12.2 Å². The fraction of sp³-hybridized carbons (Fsp3) is 0.900. The normalized spacial score (nSPS) is 45.7. The average Bonchev–Trinajstić information content (AvgIpc) is 3.07. The van der Waals surface area contributed by atoms with Gasteiger partial charge in [0.2, 0.25) is 0 Å². The van der Waals surface area contributed by atoms with Crippen molar-refractivity contribution in [1.82, 2.24) is 0 Å². The molecule has 4 aliphatic rings. The van der Waals surface area contributed by atoms with Crippen molar-refractivity contribution in [3.63, 3.8) is 0 Å². The van der Waals surface area contributed by atoms with E-state index in [2.05, 4.69) is 41.2 Å². The molecular weight excluding hydrogens is 408 g/mol. The van der Waals surface area contributed by atoms with Crippen LogP contribution in [-0.2, 0) is 4.79 Å². The van der Waals surface area contributed by atoms with Crippen LogP contribution in [0.5, 0.6) is 0 Å². The Kier molecular flexibility index (Phi) is 6.10. The summed E-state index contributed by atoms with van der Waals surface area (Å²) in [5, 5.41) is 20.5. The largest absolute Gasteiger partial charge is 0.390 e. The van der Waals surface area contributed by atoms with Crippen LogP contribution in [0, 0.1) is 45.3 Å². The molecule has 0 aromatic heterocycles. The van der Waals surface area contributed by atoms with Crippen LogP contribution >= 0.6 is 0 Å². The minimum atomic E-state index is -1.06. The van der Waals surface area contributed by atoms with Crippen molar-refractivity contribution in [2.75, 3.05) is 0 Å². The fourth-order valence-electron chi connectivity index (χ4n) is 9.89. The van der Waals surface area contributed by atoms with Gasteiger partial charge in [0.05, 0.1) is 11.7 Å². The topological polar surface area (TPSA) is 57.5 Å². The maximum Gasteiger partial charge on any atom is 0.138 e. The molecule has 0 spiro atoms. The second-order valence-corrected chi connectivity index (χ2v) is 14.3. The van der Waals surface area contributed by atoms with Gasteiger partial charge in [-0.25, -0.2) is 0 Å². The highest BCUT2D eigenvalue weighted by Gasteiger charge is 2.68. The van der Waals surface area contributed by atoms with Crippen LogP contribution < -0.4 is 0 Å². The highest BCUT2D eigenvalue weighted by atomic mass is 16.3. The number of aliphatic hydroxyl groups excluding tert-OH is 1. The summed E-state index contributed by atoms with van der Waals surface area (Å²) in [7, 11) is 0. The SMILES string of the molecule is C=C(CC[C@@H](O)C(C)(C)O)[C@H]1CC[C@]2(C)[C@@H]1CCC1[C@@]3(C)CCC(=O)C(C)(C)C3CC[C@]12C. The summed E-state index contributed by atoms with van der Waals surface area (Å²) >= 11 is 0. The molecular formula is C30H50O3. The van der Waals surface area contributed by atoms with Crippen LogP contribution in [0.2, 0.25) is 0 Å². The van der Waals surface area contributed by atoms with Crippen molar-refractivity contribution in [3.05, 3.63) is 12.2 Å². The molecule has 0 bridgehead atoms. The number of carbonyl (C=O) groups excluding carboxylic acids is 1. The van der Waals surface area contributed by atoms with Crippen LogP contribution in [0.25, 0.3) is 0 Å². The Labute approximate surface area is 202 Å². The van der Waals surface area contributed by atoms with Crippen molar-refractivity contribution < 1.29 is 15.0 Å². The molecule has 0 aliphatic heterocycles. The van der Waals surface area contributed by atoms with Gasteiger partial charge in [-0.05, 0) is 112 Å². The molecule has 4 saturated carbocycles. The summed E-state index contributed by atoms with van der Waals surface area (Å²) in [6.45, 7) is 20.1. The van der Waals surface area contributed by atoms with Gasteiger partial charge >= 0.3 is 0 Å². The molecule has 4 aliphatic carbocycles. The van der Waals surface area contributed by atoms with Gasteiger partial charge in [-0.1, -0.05) is 46.8 Å². The van der Waals surface area contributed by atoms with Crippen LogP contribution in [0.1, 0.15) is 113 Å². The molecule has 3 heteroatoms. The van der Waals surface area contributed by atoms with E-state index in [0.29, 0.717) is 46.7 Å². The van der Waals surface area contributed by atoms with E-state index in [1.54, 1.807) is 13.8 Å². The third-order valence-corrected chi connectivity index (χ3v) is 12.2. The molecule has 33 heavy (non-hydrogen) atoms. The Bertz CT molecular complexity index is 806. The highest BCUT2D eigenvalue weighted by Crippen LogP contribution is 2.75. The van der Waals surface area contributed by atoms with Gasteiger partial charge in [0.15, 0.2) is 0 Å². The lowest BCUT2D eigenvalue weighted by atomic mass is 9.35. The standard InChI is InChI=1S/C30H50O3/c1-19(9-12-25(32)27(4,5)33)20-13-17-29(7)21(20)10-11-23-28(6)16-15-24(31)26(2,3)22(28)14-18-30(23,29)8/h20-23,25,32-33H,1,9-18H2,2-8H3/t20-,21-,22?,23?,25-,28+,29-,30-/m1/s1. The molecule has 8 atom stereocenters. The van der Waals surface area contributed by atoms with Crippen LogP contribution in [-0.4, -0.2) is 27.7 Å². The predicted molar refractivity (Wildman–Crippen MR) is 135 cm³/mol. The van der Waals surface area contributed by atoms with Gasteiger partial charge in [0, 0.05) is 11.8 Å². The number of aliphatic hydroxyl groups is 2. The van der Waals surface area contributed by atoms with Gasteiger partial charge in [-0.3, -0.25) is 4.79 Å². The number of Topliss-reactive ketones (excluding diaryl/α,β-unsaturated/α-hetero) is 1. The first-order valence-corrected chi connectivity index (χ1v) is 13.7. The second-order valence-electron chi connectivity index (χ2n) is 14.3. The summed E-state index contributed by atoms with van der Waals surface area (Å²) < 4.78 is 0. The number of carbonyl (C=O) groups is 1. The number of hydrogen-bond acceptors (Lipinski definition) is 3. The first-order chi connectivity index (χ1) is 15.1. The van der Waals surface area contributed by atoms with E-state index in [-0.39, 0.29) is 10.8 Å². The zero-order valence-corrected chi connectivity index (χ0v) is 22.5. The Balaban J connectivity index is 1.55. The Hall–Kier alpha value is -0.670. The first kappa shape index (κ1) is 25.4. The van der Waals surface area contributed by atoms with Crippen LogP contribution in [0.3, 0.4) is 0 Å². The number of ketones is 1. The molecule has 0 radical (unpaired) electrons. The summed E-state index contributed by atoms with van der Waals surface area (Å²) in [5.41, 5.74) is 0.958. The average molecular weight is 459 g/mol. The number of allylic oxidation sites excluding steroid dienone is 1. The van der Waals surface area contributed by atoms with Gasteiger partial charge in [-0.15, -0.1) is 0 Å². The zero-order valence-electron chi connectivity index (χ0n) is 22.5. The lowest BCUT2D eigenvalue weighted by Crippen LogP contribution is -2.63. The summed E-state index contributed by atoms with van der Waals surface area (Å²) in [4.78, 5) is 12.8. The molecule has 0 saturated heterocycles. The van der Waals surface area contributed by atoms with E-state index >= 15 is 0 Å². The van der Waals surface area contributed by atoms with E-state index in [1.807, 2.05) is 0 Å². The summed E-state index contributed by atoms with van der Waals surface area (Å²) in [5.74, 6) is 2.90. The molecule has 0 heterocycles. The Morgan fingerprint density at radius 2 is 1.64 bits per heavy atom. The molecule has 188 valence electrons. The van der Waals surface area contributed by atoms with Crippen molar-refractivity contribution >= 4 is 5.78 Å². The third kappa shape index (κ3) is 3.62. The van der Waals surface area contributed by atoms with Crippen molar-refractivity contribution in [2.45, 2.75) is 124 Å². The molecule has 4 rings (SSSR count). The lowest BCUT2D eigenvalue weighted by molar-refractivity contribution is -0.201. The van der Waals surface area contributed by atoms with Gasteiger partial charge < -0.3 is 10.2 Å². The van der Waals surface area contributed by atoms with Gasteiger partial charge in [0.25, 0.3) is 0 Å². The molecule has 0 aromatic rings. The molecule has 2 N–H and O–H groups in total. The second kappa shape index (κ2) is 7.92. The minimum Gasteiger partial charge on any atom is -0.390 e. The Morgan fingerprint density at radius 1 is 1.00 bits per heavy atom. The molecule has 2 unspecified atom stereocenters. The summed E-state index contributed by atoms with van der Waals surface area (Å²) in [6.07, 6.45) is 9.99. The van der Waals surface area contributed by atoms with Crippen molar-refractivity contribution in [3.8, 4) is 0 Å². The molecule has 0 aromatic carbocycles. The number of fused-ring (bicyclic) bond motifs is 5. The molecule has 0 amide bonds. The third-order valence-electron chi connectivity index (χ3n) is 12.2. The summed E-state index contributed by atoms with van der Waals surface area (Å²) in [6, 6.07) is 0. The van der Waals surface area contributed by atoms with E-state index in [0.717, 1.165) is 19.3 Å².